The summed E-state index contributed by atoms with van der Waals surface area (Å²) < 4.78 is 65.2. The summed E-state index contributed by atoms with van der Waals surface area (Å²) in [5.41, 5.74) is 0.0199. The minimum atomic E-state index is -3.86. The molecule has 2 unspecified atom stereocenters. The highest BCUT2D eigenvalue weighted by Crippen LogP contribution is 2.38. The van der Waals surface area contributed by atoms with Gasteiger partial charge in [-0.3, -0.25) is 13.2 Å². The summed E-state index contributed by atoms with van der Waals surface area (Å²) in [5.74, 6) is -1.88. The second-order valence-electron chi connectivity index (χ2n) is 8.90. The van der Waals surface area contributed by atoms with Crippen LogP contribution in [0.15, 0.2) is 30.6 Å². The quantitative estimate of drug-likeness (QED) is 0.276. The van der Waals surface area contributed by atoms with E-state index in [0.717, 1.165) is 12.3 Å². The number of halogens is 2. The van der Waals surface area contributed by atoms with Crippen LogP contribution >= 0.6 is 11.6 Å². The van der Waals surface area contributed by atoms with Gasteiger partial charge >= 0.3 is 6.09 Å². The lowest BCUT2D eigenvalue weighted by Crippen LogP contribution is -2.36. The third-order valence-corrected chi connectivity index (χ3v) is 7.00. The van der Waals surface area contributed by atoms with Crippen molar-refractivity contribution in [1.82, 2.24) is 25.1 Å². The van der Waals surface area contributed by atoms with E-state index >= 15 is 4.39 Å². The van der Waals surface area contributed by atoms with E-state index in [1.54, 1.807) is 23.9 Å². The van der Waals surface area contributed by atoms with Crippen molar-refractivity contribution >= 4 is 50.4 Å². The molecule has 0 bridgehead atoms. The lowest BCUT2D eigenvalue weighted by atomic mass is 10.0. The van der Waals surface area contributed by atoms with Gasteiger partial charge in [0, 0.05) is 64.7 Å². The fourth-order valence-electron chi connectivity index (χ4n) is 3.48. The molecule has 3 N–H and O–H groups in total. The molecule has 17 heteroatoms. The molecule has 0 aliphatic carbocycles. The number of hydrogen-bond acceptors (Lipinski definition) is 9. The Kier molecular flexibility index (Phi) is 9.47. The number of aromatic nitrogens is 4. The summed E-state index contributed by atoms with van der Waals surface area (Å²) in [6, 6.07) is 3.22. The summed E-state index contributed by atoms with van der Waals surface area (Å²) in [6.45, 7) is 5.52. The van der Waals surface area contributed by atoms with Crippen molar-refractivity contribution in [3.05, 3.63) is 41.4 Å². The molecule has 3 aromatic rings. The van der Waals surface area contributed by atoms with Crippen LogP contribution in [0.5, 0.6) is 0 Å². The predicted octanol–water partition coefficient (Wildman–Crippen LogP) is 3.05. The average Bonchev–Trinajstić information content (AvgIpc) is 3.27. The second kappa shape index (κ2) is 12.2. The molecule has 0 saturated carbocycles. The lowest BCUT2D eigenvalue weighted by molar-refractivity contribution is 0.191. The lowest BCUT2D eigenvalue weighted by Gasteiger charge is -2.26. The molecule has 1 aromatic carbocycles. The van der Waals surface area contributed by atoms with Crippen LogP contribution in [0.25, 0.3) is 22.5 Å². The molecule has 0 saturated heterocycles. The van der Waals surface area contributed by atoms with Crippen molar-refractivity contribution in [3.63, 3.8) is 0 Å². The van der Waals surface area contributed by atoms with Crippen molar-refractivity contribution in [3.8, 4) is 22.5 Å². The highest BCUT2D eigenvalue weighted by atomic mass is 35.5. The van der Waals surface area contributed by atoms with E-state index in [4.69, 9.17) is 16.7 Å². The Balaban J connectivity index is 2.12. The number of nitrogens with zero attached hydrogens (tertiary/aromatic N) is 5. The van der Waals surface area contributed by atoms with Gasteiger partial charge < -0.3 is 20.3 Å². The summed E-state index contributed by atoms with van der Waals surface area (Å²) in [7, 11) is -3.86. The minimum absolute atomic E-state index is 0.0552. The van der Waals surface area contributed by atoms with Crippen molar-refractivity contribution in [2.45, 2.75) is 32.9 Å². The molecule has 0 aliphatic heterocycles. The van der Waals surface area contributed by atoms with Gasteiger partial charge in [-0.25, -0.2) is 27.6 Å². The van der Waals surface area contributed by atoms with Crippen molar-refractivity contribution in [2.24, 2.45) is 0 Å². The first-order valence-corrected chi connectivity index (χ1v) is 14.8. The summed E-state index contributed by atoms with van der Waals surface area (Å²) in [5, 5.41) is 18.5. The molecule has 39 heavy (non-hydrogen) atoms. The van der Waals surface area contributed by atoms with Crippen LogP contribution in [-0.4, -0.2) is 72.8 Å². The fraction of sp³-hybridized carbons (Fsp3) is 0.364. The number of rotatable bonds is 11. The number of amides is 1. The van der Waals surface area contributed by atoms with Crippen LogP contribution in [0.3, 0.4) is 0 Å². The molecule has 0 fully saturated rings. The van der Waals surface area contributed by atoms with E-state index in [1.165, 1.54) is 12.3 Å². The van der Waals surface area contributed by atoms with Crippen molar-refractivity contribution < 1.29 is 31.5 Å². The number of carboxylic acid groups (broad SMARTS) is 1. The van der Waals surface area contributed by atoms with Crippen LogP contribution in [0, 0.1) is 5.82 Å². The molecule has 2 atom stereocenters. The number of sulfone groups is 1. The normalized spacial score (nSPS) is 13.2. The highest BCUT2D eigenvalue weighted by molar-refractivity contribution is 7.92. The number of benzene rings is 1. The van der Waals surface area contributed by atoms with Crippen LogP contribution < -0.4 is 14.9 Å². The van der Waals surface area contributed by atoms with Crippen LogP contribution in [0.4, 0.5) is 20.8 Å². The number of nitrogens with one attached hydrogen (secondary N) is 2. The first kappa shape index (κ1) is 30.2. The Morgan fingerprint density at radius 1 is 1.31 bits per heavy atom. The summed E-state index contributed by atoms with van der Waals surface area (Å²) in [4.78, 5) is 19.4. The Morgan fingerprint density at radius 3 is 2.59 bits per heavy atom. The third kappa shape index (κ3) is 7.84. The molecule has 212 valence electrons. The van der Waals surface area contributed by atoms with Crippen molar-refractivity contribution in [2.75, 3.05) is 28.3 Å². The second-order valence-corrected chi connectivity index (χ2v) is 12.3. The van der Waals surface area contributed by atoms with E-state index in [1.807, 2.05) is 13.8 Å². The van der Waals surface area contributed by atoms with Gasteiger partial charge in [0.05, 0.1) is 11.4 Å². The molecule has 13 nitrogen and oxygen atoms in total. The van der Waals surface area contributed by atoms with Gasteiger partial charge in [0.15, 0.2) is 15.7 Å². The van der Waals surface area contributed by atoms with Crippen LogP contribution in [-0.2, 0) is 21.1 Å². The molecular weight excluding hydrogens is 577 g/mol. The van der Waals surface area contributed by atoms with Gasteiger partial charge in [0.25, 0.3) is 0 Å². The molecule has 2 heterocycles. The zero-order valence-electron chi connectivity index (χ0n) is 21.3. The monoisotopic (exact) mass is 602 g/mol. The van der Waals surface area contributed by atoms with E-state index in [9.17, 15) is 22.0 Å². The van der Waals surface area contributed by atoms with Gasteiger partial charge in [-0.05, 0) is 39.0 Å². The zero-order chi connectivity index (χ0) is 29.1. The first-order valence-electron chi connectivity index (χ1n) is 11.4. The van der Waals surface area contributed by atoms with E-state index in [2.05, 4.69) is 25.7 Å². The molecule has 1 amide bonds. The van der Waals surface area contributed by atoms with E-state index < -0.39 is 50.6 Å². The van der Waals surface area contributed by atoms with Crippen LogP contribution in [0.1, 0.15) is 26.8 Å². The SMILES string of the molecule is CC(CNc1nccc(-c2cn(C(C)C)nc2-c2cc(Cl)cc(N(CS(C)(=O)=O)S(=O)[O-])c2F)n1)NC(=O)O. The van der Waals surface area contributed by atoms with Crippen molar-refractivity contribution in [1.29, 1.82) is 0 Å². The number of hydrogen-bond donors (Lipinski definition) is 3. The fourth-order valence-corrected chi connectivity index (χ4v) is 5.47. The Morgan fingerprint density at radius 2 is 2.00 bits per heavy atom. The largest absolute Gasteiger partial charge is 0.755 e. The van der Waals surface area contributed by atoms with Gasteiger partial charge in [0.1, 0.15) is 11.6 Å². The van der Waals surface area contributed by atoms with Gasteiger partial charge in [-0.2, -0.15) is 5.10 Å². The molecule has 0 spiro atoms. The molecule has 3 rings (SSSR count). The Hall–Kier alpha value is -3.34. The van der Waals surface area contributed by atoms with Gasteiger partial charge in [-0.15, -0.1) is 0 Å². The standard InChI is InChI=1S/C22H27ClFN7O6S2/c1-12(2)30-10-16(17-5-6-25-21(28-17)26-9-13(3)27-22(32)33)20(29-30)15-7-14(23)8-18(19(15)24)31(38(34)35)11-39(4,36)37/h5-8,10,12-13,27H,9,11H2,1-4H3,(H,32,33)(H,34,35)(H,25,26,28)/p-1. The van der Waals surface area contributed by atoms with E-state index in [0.29, 0.717) is 15.6 Å². The summed E-state index contributed by atoms with van der Waals surface area (Å²) >= 11 is 3.10. The highest BCUT2D eigenvalue weighted by Gasteiger charge is 2.25. The molecule has 0 aliphatic rings. The maximum absolute atomic E-state index is 15.9. The first-order chi connectivity index (χ1) is 18.2. The predicted molar refractivity (Wildman–Crippen MR) is 144 cm³/mol. The minimum Gasteiger partial charge on any atom is -0.755 e. The Bertz CT molecular complexity index is 1500. The average molecular weight is 603 g/mol. The maximum atomic E-state index is 15.9. The number of anilines is 2. The maximum Gasteiger partial charge on any atom is 0.404 e. The molecule has 2 aromatic heterocycles. The molecule has 0 radical (unpaired) electrons. The zero-order valence-corrected chi connectivity index (χ0v) is 23.6. The molecular formula is C22H26ClFN7O6S2-. The topological polar surface area (TPSA) is 182 Å². The Labute approximate surface area is 231 Å². The third-order valence-electron chi connectivity index (χ3n) is 5.20. The van der Waals surface area contributed by atoms with E-state index in [-0.39, 0.29) is 34.8 Å². The van der Waals surface area contributed by atoms with Gasteiger partial charge in [0.2, 0.25) is 5.95 Å². The van der Waals surface area contributed by atoms with Crippen LogP contribution in [0.2, 0.25) is 5.02 Å². The summed E-state index contributed by atoms with van der Waals surface area (Å²) in [6.07, 6.45) is 2.71. The van der Waals surface area contributed by atoms with Gasteiger partial charge in [-0.1, -0.05) is 11.6 Å². The number of carbonyl (C=O) groups is 1. The smallest absolute Gasteiger partial charge is 0.404 e.